The van der Waals surface area contributed by atoms with Gasteiger partial charge in [0, 0.05) is 32.7 Å². The molecule has 0 aromatic heterocycles. The Hall–Kier alpha value is -3.55. The highest BCUT2D eigenvalue weighted by Gasteiger charge is 2.32. The van der Waals surface area contributed by atoms with Crippen molar-refractivity contribution in [3.05, 3.63) is 78.9 Å². The lowest BCUT2D eigenvalue weighted by molar-refractivity contribution is -0.143. The van der Waals surface area contributed by atoms with Crippen molar-refractivity contribution in [2.45, 2.75) is 12.2 Å². The van der Waals surface area contributed by atoms with Gasteiger partial charge in [0.1, 0.15) is 25.1 Å². The molecule has 1 amide bonds. The van der Waals surface area contributed by atoms with Gasteiger partial charge in [0.25, 0.3) is 5.91 Å². The van der Waals surface area contributed by atoms with Crippen LogP contribution in [0.2, 0.25) is 0 Å². The lowest BCUT2D eigenvalue weighted by Gasteiger charge is -2.37. The molecule has 2 aliphatic rings. The van der Waals surface area contributed by atoms with E-state index in [1.54, 1.807) is 0 Å². The largest absolute Gasteiger partial charge is 0.491 e. The van der Waals surface area contributed by atoms with E-state index in [0.29, 0.717) is 44.2 Å². The molecule has 5 rings (SSSR count). The maximum Gasteiger partial charge on any atom is 0.267 e. The molecule has 2 aliphatic heterocycles. The summed E-state index contributed by atoms with van der Waals surface area (Å²) in [5, 5.41) is 10.5. The summed E-state index contributed by atoms with van der Waals surface area (Å²) in [5.74, 6) is 1.95. The second kappa shape index (κ2) is 10.8. The van der Waals surface area contributed by atoms with Crippen molar-refractivity contribution in [1.29, 1.82) is 0 Å². The van der Waals surface area contributed by atoms with Crippen LogP contribution in [0.1, 0.15) is 0 Å². The zero-order chi connectivity index (χ0) is 24.0. The third-order valence-electron chi connectivity index (χ3n) is 6.34. The number of hydrogen-bond acceptors (Lipinski definition) is 6. The number of amides is 1. The molecule has 7 nitrogen and oxygen atoms in total. The number of aliphatic hydroxyl groups is 1. The van der Waals surface area contributed by atoms with Crippen molar-refractivity contribution in [2.75, 3.05) is 45.9 Å². The van der Waals surface area contributed by atoms with Crippen molar-refractivity contribution in [3.63, 3.8) is 0 Å². The Morgan fingerprint density at radius 3 is 2.29 bits per heavy atom. The minimum Gasteiger partial charge on any atom is -0.491 e. The smallest absolute Gasteiger partial charge is 0.267 e. The Balaban J connectivity index is 1.04. The second-order valence-corrected chi connectivity index (χ2v) is 8.85. The average Bonchev–Trinajstić information content (AvgIpc) is 2.92. The van der Waals surface area contributed by atoms with E-state index >= 15 is 0 Å². The van der Waals surface area contributed by atoms with E-state index in [2.05, 4.69) is 17.0 Å². The van der Waals surface area contributed by atoms with Gasteiger partial charge < -0.3 is 24.2 Å². The van der Waals surface area contributed by atoms with Crippen LogP contribution >= 0.6 is 0 Å². The quantitative estimate of drug-likeness (QED) is 0.568. The number of carbonyl (C=O) groups is 1. The van der Waals surface area contributed by atoms with Crippen LogP contribution in [0.4, 0.5) is 0 Å². The topological polar surface area (TPSA) is 71.5 Å². The number of para-hydroxylation sites is 2. The predicted octanol–water partition coefficient (Wildman–Crippen LogP) is 3.08. The van der Waals surface area contributed by atoms with Crippen LogP contribution in [-0.2, 0) is 4.79 Å². The normalized spacial score (nSPS) is 18.7. The highest BCUT2D eigenvalue weighted by Crippen LogP contribution is 2.31. The van der Waals surface area contributed by atoms with Crippen LogP contribution < -0.4 is 14.2 Å². The molecule has 0 radical (unpaired) electrons. The molecule has 3 aromatic carbocycles. The highest BCUT2D eigenvalue weighted by molar-refractivity contribution is 5.82. The number of hydrogen-bond donors (Lipinski definition) is 1. The van der Waals surface area contributed by atoms with Crippen molar-refractivity contribution < 1.29 is 24.1 Å². The first-order valence-corrected chi connectivity index (χ1v) is 12.0. The summed E-state index contributed by atoms with van der Waals surface area (Å²) in [4.78, 5) is 16.9. The van der Waals surface area contributed by atoms with E-state index in [-0.39, 0.29) is 19.1 Å². The third-order valence-corrected chi connectivity index (χ3v) is 6.34. The van der Waals surface area contributed by atoms with E-state index in [1.165, 1.54) is 0 Å². The van der Waals surface area contributed by atoms with Crippen molar-refractivity contribution >= 4 is 5.91 Å². The van der Waals surface area contributed by atoms with Gasteiger partial charge >= 0.3 is 0 Å². The summed E-state index contributed by atoms with van der Waals surface area (Å²) in [6.07, 6.45) is -1.23. The van der Waals surface area contributed by atoms with Gasteiger partial charge in [0.2, 0.25) is 6.10 Å². The highest BCUT2D eigenvalue weighted by atomic mass is 16.6. The number of benzene rings is 3. The molecule has 1 saturated heterocycles. The summed E-state index contributed by atoms with van der Waals surface area (Å²) in [5.41, 5.74) is 2.28. The van der Waals surface area contributed by atoms with Crippen LogP contribution in [-0.4, -0.2) is 79.0 Å². The molecule has 182 valence electrons. The number of carbonyl (C=O) groups excluding carboxylic acids is 1. The van der Waals surface area contributed by atoms with Crippen LogP contribution in [0.15, 0.2) is 78.9 Å². The number of ether oxygens (including phenoxy) is 3. The zero-order valence-electron chi connectivity index (χ0n) is 19.6. The van der Waals surface area contributed by atoms with Crippen molar-refractivity contribution in [2.24, 2.45) is 0 Å². The second-order valence-electron chi connectivity index (χ2n) is 8.85. The van der Waals surface area contributed by atoms with Crippen LogP contribution in [0.25, 0.3) is 11.1 Å². The molecule has 0 saturated carbocycles. The van der Waals surface area contributed by atoms with E-state index in [4.69, 9.17) is 14.2 Å². The molecule has 0 spiro atoms. The number of β-amino-alcohol motifs (C(OH)–C–C–N with tert-alkyl or cyclic N) is 1. The van der Waals surface area contributed by atoms with E-state index in [9.17, 15) is 9.90 Å². The number of rotatable bonds is 7. The van der Waals surface area contributed by atoms with Crippen molar-refractivity contribution in [3.8, 4) is 28.4 Å². The van der Waals surface area contributed by atoms with Crippen LogP contribution in [0.5, 0.6) is 17.2 Å². The van der Waals surface area contributed by atoms with Crippen LogP contribution in [0.3, 0.4) is 0 Å². The van der Waals surface area contributed by atoms with Gasteiger partial charge in [-0.2, -0.15) is 0 Å². The number of fused-ring (bicyclic) bond motifs is 1. The molecule has 1 fully saturated rings. The maximum atomic E-state index is 12.9. The Morgan fingerprint density at radius 2 is 1.54 bits per heavy atom. The molecule has 0 bridgehead atoms. The van der Waals surface area contributed by atoms with Gasteiger partial charge in [-0.25, -0.2) is 0 Å². The number of aliphatic hydroxyl groups excluding tert-OH is 1. The SMILES string of the molecule is O=C(C1COc2ccccc2O1)N1CCN(CC(O)COc2ccc(-c3ccccc3)cc2)CC1. The molecular formula is C28H30N2O5. The molecule has 2 atom stereocenters. The number of piperazine rings is 1. The fraction of sp³-hybridized carbons (Fsp3) is 0.321. The summed E-state index contributed by atoms with van der Waals surface area (Å²) >= 11 is 0. The summed E-state index contributed by atoms with van der Waals surface area (Å²) in [7, 11) is 0. The van der Waals surface area contributed by atoms with Gasteiger partial charge in [0.15, 0.2) is 11.5 Å². The van der Waals surface area contributed by atoms with E-state index < -0.39 is 12.2 Å². The van der Waals surface area contributed by atoms with Crippen molar-refractivity contribution in [1.82, 2.24) is 9.80 Å². The van der Waals surface area contributed by atoms with Gasteiger partial charge in [-0.3, -0.25) is 9.69 Å². The molecule has 0 aliphatic carbocycles. The molecule has 2 unspecified atom stereocenters. The molecular weight excluding hydrogens is 444 g/mol. The monoisotopic (exact) mass is 474 g/mol. The predicted molar refractivity (Wildman–Crippen MR) is 133 cm³/mol. The van der Waals surface area contributed by atoms with Gasteiger partial charge in [-0.05, 0) is 35.4 Å². The lowest BCUT2D eigenvalue weighted by Crippen LogP contribution is -2.55. The van der Waals surface area contributed by atoms with Gasteiger partial charge in [-0.15, -0.1) is 0 Å². The Morgan fingerprint density at radius 1 is 0.886 bits per heavy atom. The summed E-state index contributed by atoms with van der Waals surface area (Å²) in [6, 6.07) is 25.5. The van der Waals surface area contributed by atoms with Gasteiger partial charge in [0.05, 0.1) is 0 Å². The molecule has 3 aromatic rings. The Kier molecular flexibility index (Phi) is 7.16. The lowest BCUT2D eigenvalue weighted by atomic mass is 10.1. The number of nitrogens with zero attached hydrogens (tertiary/aromatic N) is 2. The fourth-order valence-corrected chi connectivity index (χ4v) is 4.41. The molecule has 7 heteroatoms. The summed E-state index contributed by atoms with van der Waals surface area (Å²) < 4.78 is 17.3. The minimum absolute atomic E-state index is 0.0537. The Labute approximate surface area is 205 Å². The third kappa shape index (κ3) is 5.75. The molecule has 2 heterocycles. The fourth-order valence-electron chi connectivity index (χ4n) is 4.41. The standard InChI is InChI=1S/C28H30N2O5/c31-23(19-33-24-12-10-22(11-13-24)21-6-2-1-3-7-21)18-29-14-16-30(17-15-29)28(32)27-20-34-25-8-4-5-9-26(25)35-27/h1-13,23,27,31H,14-20H2. The first kappa shape index (κ1) is 23.2. The van der Waals surface area contributed by atoms with E-state index in [1.807, 2.05) is 71.6 Å². The van der Waals surface area contributed by atoms with E-state index in [0.717, 1.165) is 16.9 Å². The first-order chi connectivity index (χ1) is 17.2. The average molecular weight is 475 g/mol. The summed E-state index contributed by atoms with van der Waals surface area (Å²) in [6.45, 7) is 3.51. The zero-order valence-corrected chi connectivity index (χ0v) is 19.6. The van der Waals surface area contributed by atoms with Crippen LogP contribution in [0, 0.1) is 0 Å². The van der Waals surface area contributed by atoms with Gasteiger partial charge in [-0.1, -0.05) is 54.6 Å². The maximum absolute atomic E-state index is 12.9. The minimum atomic E-state index is -0.622. The Bertz CT molecular complexity index is 1110. The molecule has 35 heavy (non-hydrogen) atoms. The molecule has 1 N–H and O–H groups in total. The first-order valence-electron chi connectivity index (χ1n) is 12.0.